The molecule has 0 aliphatic carbocycles. The fourth-order valence-electron chi connectivity index (χ4n) is 2.24. The van der Waals surface area contributed by atoms with Gasteiger partial charge in [0.2, 0.25) is 0 Å². The van der Waals surface area contributed by atoms with E-state index in [-0.39, 0.29) is 0 Å². The summed E-state index contributed by atoms with van der Waals surface area (Å²) in [5.74, 6) is 0. The van der Waals surface area contributed by atoms with E-state index in [9.17, 15) is 0 Å². The van der Waals surface area contributed by atoms with Crippen molar-refractivity contribution in [2.24, 2.45) is 0 Å². The lowest BCUT2D eigenvalue weighted by molar-refractivity contribution is 1.15. The average molecular weight is 274 g/mol. The zero-order chi connectivity index (χ0) is 14.7. The molecule has 0 aliphatic heterocycles. The van der Waals surface area contributed by atoms with E-state index in [1.807, 2.05) is 42.5 Å². The van der Waals surface area contributed by atoms with E-state index in [0.29, 0.717) is 12.1 Å². The Morgan fingerprint density at radius 3 is 2.67 bits per heavy atom. The number of hydrogen-bond acceptors (Lipinski definition) is 4. The minimum absolute atomic E-state index is 0.659. The van der Waals surface area contributed by atoms with Crippen molar-refractivity contribution in [2.75, 3.05) is 11.1 Å². The van der Waals surface area contributed by atoms with E-state index in [1.165, 1.54) is 0 Å². The van der Waals surface area contributed by atoms with Crippen LogP contribution in [-0.4, -0.2) is 4.98 Å². The highest BCUT2D eigenvalue weighted by molar-refractivity contribution is 5.98. The number of hydrogen-bond donors (Lipinski definition) is 2. The SMILES string of the molecule is N#Cc1ccc(CNc2ccc3cnccc3c2N)cc1. The Morgan fingerprint density at radius 2 is 1.90 bits per heavy atom. The van der Waals surface area contributed by atoms with Crippen molar-refractivity contribution in [2.45, 2.75) is 6.54 Å². The normalized spacial score (nSPS) is 10.2. The zero-order valence-electron chi connectivity index (χ0n) is 11.4. The van der Waals surface area contributed by atoms with E-state index in [4.69, 9.17) is 11.0 Å². The molecule has 0 radical (unpaired) electrons. The Bertz CT molecular complexity index is 816. The topological polar surface area (TPSA) is 74.7 Å². The predicted molar refractivity (Wildman–Crippen MR) is 84.6 cm³/mol. The van der Waals surface area contributed by atoms with Gasteiger partial charge in [0.05, 0.1) is 23.0 Å². The highest BCUT2D eigenvalue weighted by Gasteiger charge is 2.04. The highest BCUT2D eigenvalue weighted by atomic mass is 14.9. The maximum Gasteiger partial charge on any atom is 0.0991 e. The largest absolute Gasteiger partial charge is 0.397 e. The van der Waals surface area contributed by atoms with Gasteiger partial charge in [-0.1, -0.05) is 18.2 Å². The number of anilines is 2. The van der Waals surface area contributed by atoms with Crippen LogP contribution in [0.1, 0.15) is 11.1 Å². The Balaban J connectivity index is 1.81. The highest BCUT2D eigenvalue weighted by Crippen LogP contribution is 2.28. The first kappa shape index (κ1) is 12.9. The summed E-state index contributed by atoms with van der Waals surface area (Å²) in [7, 11) is 0. The van der Waals surface area contributed by atoms with Crippen molar-refractivity contribution >= 4 is 22.1 Å². The Kier molecular flexibility index (Phi) is 3.40. The van der Waals surface area contributed by atoms with E-state index in [2.05, 4.69) is 16.4 Å². The quantitative estimate of drug-likeness (QED) is 0.718. The summed E-state index contributed by atoms with van der Waals surface area (Å²) in [4.78, 5) is 4.09. The maximum atomic E-state index is 8.79. The number of nitrogens with zero attached hydrogens (tertiary/aromatic N) is 2. The van der Waals surface area contributed by atoms with Crippen molar-refractivity contribution in [3.8, 4) is 6.07 Å². The third kappa shape index (κ3) is 2.63. The molecule has 0 saturated carbocycles. The molecule has 0 atom stereocenters. The van der Waals surface area contributed by atoms with Crippen LogP contribution in [0.25, 0.3) is 10.8 Å². The number of nitriles is 1. The second-order valence-electron chi connectivity index (χ2n) is 4.79. The van der Waals surface area contributed by atoms with Crippen LogP contribution in [0.2, 0.25) is 0 Å². The molecule has 0 bridgehead atoms. The first-order chi connectivity index (χ1) is 10.3. The smallest absolute Gasteiger partial charge is 0.0991 e. The van der Waals surface area contributed by atoms with Gasteiger partial charge in [-0.25, -0.2) is 0 Å². The lowest BCUT2D eigenvalue weighted by Crippen LogP contribution is -2.03. The van der Waals surface area contributed by atoms with E-state index < -0.39 is 0 Å². The van der Waals surface area contributed by atoms with Crippen LogP contribution in [-0.2, 0) is 6.54 Å². The summed E-state index contributed by atoms with van der Waals surface area (Å²) in [6.07, 6.45) is 3.54. The van der Waals surface area contributed by atoms with Gasteiger partial charge in [-0.15, -0.1) is 0 Å². The van der Waals surface area contributed by atoms with Crippen molar-refractivity contribution in [3.63, 3.8) is 0 Å². The van der Waals surface area contributed by atoms with Crippen LogP contribution < -0.4 is 11.1 Å². The van der Waals surface area contributed by atoms with Crippen molar-refractivity contribution < 1.29 is 0 Å². The summed E-state index contributed by atoms with van der Waals surface area (Å²) < 4.78 is 0. The monoisotopic (exact) mass is 274 g/mol. The maximum absolute atomic E-state index is 8.79. The van der Waals surface area contributed by atoms with Gasteiger partial charge in [-0.2, -0.15) is 5.26 Å². The van der Waals surface area contributed by atoms with Crippen LogP contribution in [0.5, 0.6) is 0 Å². The molecule has 21 heavy (non-hydrogen) atoms. The third-order valence-electron chi connectivity index (χ3n) is 3.43. The number of nitrogens with two attached hydrogens (primary N) is 1. The molecule has 102 valence electrons. The number of nitrogens with one attached hydrogen (secondary N) is 1. The van der Waals surface area contributed by atoms with Crippen LogP contribution >= 0.6 is 0 Å². The summed E-state index contributed by atoms with van der Waals surface area (Å²) in [5.41, 5.74) is 9.59. The predicted octanol–water partition coefficient (Wildman–Crippen LogP) is 3.30. The summed E-state index contributed by atoms with van der Waals surface area (Å²) in [6.45, 7) is 0.659. The van der Waals surface area contributed by atoms with Gasteiger partial charge < -0.3 is 11.1 Å². The van der Waals surface area contributed by atoms with Crippen LogP contribution in [0, 0.1) is 11.3 Å². The summed E-state index contributed by atoms with van der Waals surface area (Å²) in [6, 6.07) is 15.5. The number of pyridine rings is 1. The fraction of sp³-hybridized carbons (Fsp3) is 0.0588. The number of fused-ring (bicyclic) bond motifs is 1. The third-order valence-corrected chi connectivity index (χ3v) is 3.43. The molecule has 1 heterocycles. The standard InChI is InChI=1S/C17H14N4/c18-9-12-1-3-13(4-2-12)10-21-16-6-5-14-11-20-8-7-15(14)17(16)19/h1-8,11,21H,10,19H2. The molecule has 1 aromatic heterocycles. The number of rotatable bonds is 3. The molecule has 0 aliphatic rings. The zero-order valence-corrected chi connectivity index (χ0v) is 11.4. The van der Waals surface area contributed by atoms with E-state index in [1.54, 1.807) is 12.4 Å². The first-order valence-electron chi connectivity index (χ1n) is 6.63. The molecule has 4 heteroatoms. The first-order valence-corrected chi connectivity index (χ1v) is 6.63. The van der Waals surface area contributed by atoms with Gasteiger partial charge >= 0.3 is 0 Å². The molecule has 0 amide bonds. The van der Waals surface area contributed by atoms with Gasteiger partial charge in [-0.3, -0.25) is 4.98 Å². The molecule has 0 saturated heterocycles. The lowest BCUT2D eigenvalue weighted by Gasteiger charge is -2.11. The molecule has 4 nitrogen and oxygen atoms in total. The van der Waals surface area contributed by atoms with Crippen molar-refractivity contribution in [3.05, 3.63) is 66.0 Å². The molecule has 3 aromatic rings. The molecule has 2 aromatic carbocycles. The fourth-order valence-corrected chi connectivity index (χ4v) is 2.24. The molecule has 3 rings (SSSR count). The Morgan fingerprint density at radius 1 is 1.10 bits per heavy atom. The molecule has 0 spiro atoms. The van der Waals surface area contributed by atoms with Gasteiger partial charge in [0.15, 0.2) is 0 Å². The Hall–Kier alpha value is -3.06. The van der Waals surface area contributed by atoms with Crippen LogP contribution in [0.15, 0.2) is 54.9 Å². The van der Waals surface area contributed by atoms with Crippen LogP contribution in [0.4, 0.5) is 11.4 Å². The second kappa shape index (κ2) is 5.51. The molecule has 3 N–H and O–H groups in total. The molecular formula is C17H14N4. The van der Waals surface area contributed by atoms with Gasteiger partial charge in [0.1, 0.15) is 0 Å². The van der Waals surface area contributed by atoms with Gasteiger partial charge in [-0.05, 0) is 29.8 Å². The number of nitrogen functional groups attached to an aromatic ring is 1. The van der Waals surface area contributed by atoms with E-state index in [0.717, 1.165) is 27.7 Å². The van der Waals surface area contributed by atoms with E-state index >= 15 is 0 Å². The summed E-state index contributed by atoms with van der Waals surface area (Å²) >= 11 is 0. The van der Waals surface area contributed by atoms with Gasteiger partial charge in [0.25, 0.3) is 0 Å². The molecular weight excluding hydrogens is 260 g/mol. The number of benzene rings is 2. The van der Waals surface area contributed by atoms with Gasteiger partial charge in [0, 0.05) is 29.7 Å². The summed E-state index contributed by atoms with van der Waals surface area (Å²) in [5, 5.41) is 14.1. The second-order valence-corrected chi connectivity index (χ2v) is 4.79. The minimum Gasteiger partial charge on any atom is -0.397 e. The average Bonchev–Trinajstić information content (AvgIpc) is 2.55. The number of aromatic nitrogens is 1. The van der Waals surface area contributed by atoms with Crippen molar-refractivity contribution in [1.82, 2.24) is 4.98 Å². The minimum atomic E-state index is 0.659. The molecule has 0 fully saturated rings. The van der Waals surface area contributed by atoms with Crippen LogP contribution in [0.3, 0.4) is 0 Å². The lowest BCUT2D eigenvalue weighted by atomic mass is 10.1. The van der Waals surface area contributed by atoms with Crippen molar-refractivity contribution in [1.29, 1.82) is 5.26 Å². The Labute approximate surface area is 122 Å². The molecule has 0 unspecified atom stereocenters.